The summed E-state index contributed by atoms with van der Waals surface area (Å²) in [7, 11) is 1.53. The van der Waals surface area contributed by atoms with Crippen molar-refractivity contribution in [1.29, 1.82) is 0 Å². The van der Waals surface area contributed by atoms with Crippen LogP contribution in [-0.4, -0.2) is 33.7 Å². The smallest absolute Gasteiger partial charge is 0.274 e. The number of nitrogens with zero attached hydrogens (tertiary/aromatic N) is 4. The van der Waals surface area contributed by atoms with E-state index in [0.29, 0.717) is 11.3 Å². The Morgan fingerprint density at radius 2 is 1.88 bits per heavy atom. The number of aromatic nitrogens is 1. The predicted molar refractivity (Wildman–Crippen MR) is 120 cm³/mol. The highest BCUT2D eigenvalue weighted by atomic mass is 32.1. The molecule has 2 aromatic carbocycles. The van der Waals surface area contributed by atoms with Crippen LogP contribution in [0.15, 0.2) is 60.0 Å². The molecule has 2 amide bonds. The second-order valence-corrected chi connectivity index (χ2v) is 7.61. The number of carbonyl (C=O) groups excluding carboxylic acids is 2. The summed E-state index contributed by atoms with van der Waals surface area (Å²) in [5.74, 6) is -1.34. The van der Waals surface area contributed by atoms with E-state index in [-0.39, 0.29) is 29.0 Å². The van der Waals surface area contributed by atoms with Crippen molar-refractivity contribution in [2.45, 2.75) is 13.5 Å². The summed E-state index contributed by atoms with van der Waals surface area (Å²) < 4.78 is 14.2. The van der Waals surface area contributed by atoms with E-state index in [1.165, 1.54) is 60.2 Å². The van der Waals surface area contributed by atoms with Crippen molar-refractivity contribution in [2.75, 3.05) is 11.9 Å². The number of carbonyl (C=O) groups is 2. The number of thiazole rings is 1. The number of nitro benzene ring substituents is 1. The van der Waals surface area contributed by atoms with Crippen molar-refractivity contribution in [3.8, 4) is 0 Å². The molecule has 0 unspecified atom stereocenters. The maximum Gasteiger partial charge on any atom is 0.274 e. The van der Waals surface area contributed by atoms with Gasteiger partial charge in [-0.2, -0.15) is 0 Å². The number of amides is 2. The minimum absolute atomic E-state index is 0.0576. The average molecular weight is 454 g/mol. The Morgan fingerprint density at radius 3 is 2.56 bits per heavy atom. The van der Waals surface area contributed by atoms with Crippen LogP contribution in [-0.2, 0) is 16.1 Å². The Labute approximate surface area is 187 Å². The molecule has 164 valence electrons. The first-order valence-corrected chi connectivity index (χ1v) is 10.3. The molecule has 0 saturated carbocycles. The molecule has 0 saturated heterocycles. The molecule has 10 heteroatoms. The van der Waals surface area contributed by atoms with Gasteiger partial charge in [-0.3, -0.25) is 24.6 Å². The van der Waals surface area contributed by atoms with Crippen molar-refractivity contribution in [1.82, 2.24) is 9.88 Å². The van der Waals surface area contributed by atoms with Gasteiger partial charge in [-0.1, -0.05) is 30.3 Å². The number of likely N-dealkylation sites (N-methyl/N-ethyl adjacent to an activating group) is 1. The molecule has 1 heterocycles. The van der Waals surface area contributed by atoms with Crippen molar-refractivity contribution < 1.29 is 18.9 Å². The van der Waals surface area contributed by atoms with Crippen LogP contribution < -0.4 is 4.90 Å². The van der Waals surface area contributed by atoms with E-state index in [4.69, 9.17) is 0 Å². The quantitative estimate of drug-likeness (QED) is 0.296. The van der Waals surface area contributed by atoms with Crippen LogP contribution in [0.5, 0.6) is 0 Å². The zero-order valence-corrected chi connectivity index (χ0v) is 18.1. The number of para-hydroxylation sites is 2. The minimum atomic E-state index is -0.554. The van der Waals surface area contributed by atoms with Gasteiger partial charge in [0.2, 0.25) is 11.8 Å². The Balaban J connectivity index is 1.74. The highest BCUT2D eigenvalue weighted by Crippen LogP contribution is 2.31. The van der Waals surface area contributed by atoms with E-state index in [9.17, 15) is 24.1 Å². The third-order valence-electron chi connectivity index (χ3n) is 4.48. The summed E-state index contributed by atoms with van der Waals surface area (Å²) in [6.07, 6.45) is 2.76. The SMILES string of the molecule is CC(=O)N(c1nc(/C=C/C(=O)N(C)Cc2ccccc2[N+](=O)[O-])cs1)c1ccccc1F. The molecule has 0 aliphatic carbocycles. The summed E-state index contributed by atoms with van der Waals surface area (Å²) >= 11 is 1.13. The predicted octanol–water partition coefficient (Wildman–Crippen LogP) is 4.55. The van der Waals surface area contributed by atoms with Crippen molar-refractivity contribution >= 4 is 45.7 Å². The van der Waals surface area contributed by atoms with Crippen molar-refractivity contribution in [3.63, 3.8) is 0 Å². The minimum Gasteiger partial charge on any atom is -0.338 e. The van der Waals surface area contributed by atoms with Gasteiger partial charge in [0.25, 0.3) is 5.69 Å². The maximum absolute atomic E-state index is 14.2. The van der Waals surface area contributed by atoms with Gasteiger partial charge in [0.05, 0.1) is 22.8 Å². The van der Waals surface area contributed by atoms with Crippen LogP contribution in [0.25, 0.3) is 6.08 Å². The van der Waals surface area contributed by atoms with Crippen molar-refractivity contribution in [2.24, 2.45) is 0 Å². The van der Waals surface area contributed by atoms with Gasteiger partial charge in [0, 0.05) is 37.1 Å². The van der Waals surface area contributed by atoms with Gasteiger partial charge in [0.15, 0.2) is 5.13 Å². The lowest BCUT2D eigenvalue weighted by Gasteiger charge is -2.18. The molecular formula is C22H19FN4O4S. The molecule has 0 spiro atoms. The molecule has 0 aliphatic heterocycles. The molecule has 0 radical (unpaired) electrons. The Morgan fingerprint density at radius 1 is 1.19 bits per heavy atom. The van der Waals surface area contributed by atoms with E-state index in [0.717, 1.165) is 11.3 Å². The van der Waals surface area contributed by atoms with Gasteiger partial charge in [0.1, 0.15) is 5.82 Å². The van der Waals surface area contributed by atoms with Gasteiger partial charge >= 0.3 is 0 Å². The largest absolute Gasteiger partial charge is 0.338 e. The van der Waals surface area contributed by atoms with Gasteiger partial charge < -0.3 is 4.90 Å². The lowest BCUT2D eigenvalue weighted by molar-refractivity contribution is -0.385. The number of nitro groups is 1. The van der Waals surface area contributed by atoms with Crippen LogP contribution in [0, 0.1) is 15.9 Å². The molecule has 1 aromatic heterocycles. The lowest BCUT2D eigenvalue weighted by atomic mass is 10.1. The number of anilines is 2. The number of halogens is 1. The van der Waals surface area contributed by atoms with Crippen LogP contribution in [0.4, 0.5) is 20.9 Å². The maximum atomic E-state index is 14.2. The first-order chi connectivity index (χ1) is 15.3. The van der Waals surface area contributed by atoms with E-state index in [1.807, 2.05) is 0 Å². The van der Waals surface area contributed by atoms with E-state index >= 15 is 0 Å². The number of hydrogen-bond acceptors (Lipinski definition) is 6. The van der Waals surface area contributed by atoms with Gasteiger partial charge in [-0.05, 0) is 18.2 Å². The monoisotopic (exact) mass is 454 g/mol. The molecule has 0 bridgehead atoms. The standard InChI is InChI=1S/C22H19FN4O4S/c1-15(28)26(20-10-6-4-8-18(20)23)22-24-17(14-32-22)11-12-21(29)25(2)13-16-7-3-5-9-19(16)27(30)31/h3-12,14H,13H2,1-2H3/b12-11+. The summed E-state index contributed by atoms with van der Waals surface area (Å²) in [4.78, 5) is 42.0. The molecule has 3 aromatic rings. The first-order valence-electron chi connectivity index (χ1n) is 9.44. The highest BCUT2D eigenvalue weighted by Gasteiger charge is 2.21. The summed E-state index contributed by atoms with van der Waals surface area (Å²) in [6, 6.07) is 12.1. The highest BCUT2D eigenvalue weighted by molar-refractivity contribution is 7.14. The van der Waals surface area contributed by atoms with E-state index in [1.54, 1.807) is 29.6 Å². The summed E-state index contributed by atoms with van der Waals surface area (Å²) in [5, 5.41) is 13.0. The van der Waals surface area contributed by atoms with E-state index < -0.39 is 16.6 Å². The second-order valence-electron chi connectivity index (χ2n) is 6.77. The van der Waals surface area contributed by atoms with Crippen LogP contribution in [0.3, 0.4) is 0 Å². The van der Waals surface area contributed by atoms with Crippen LogP contribution in [0.2, 0.25) is 0 Å². The fraction of sp³-hybridized carbons (Fsp3) is 0.136. The molecular weight excluding hydrogens is 435 g/mol. The Hall–Kier alpha value is -3.92. The average Bonchev–Trinajstić information content (AvgIpc) is 3.22. The Kier molecular flexibility index (Phi) is 7.06. The van der Waals surface area contributed by atoms with Gasteiger partial charge in [-0.25, -0.2) is 9.37 Å². The zero-order chi connectivity index (χ0) is 23.3. The third kappa shape index (κ3) is 5.22. The van der Waals surface area contributed by atoms with Crippen LogP contribution in [0.1, 0.15) is 18.2 Å². The molecule has 0 atom stereocenters. The number of benzene rings is 2. The molecule has 0 aliphatic rings. The first kappa shape index (κ1) is 22.8. The molecule has 32 heavy (non-hydrogen) atoms. The number of rotatable bonds is 7. The second kappa shape index (κ2) is 9.92. The zero-order valence-electron chi connectivity index (χ0n) is 17.3. The van der Waals surface area contributed by atoms with Gasteiger partial charge in [-0.15, -0.1) is 11.3 Å². The molecule has 8 nitrogen and oxygen atoms in total. The van der Waals surface area contributed by atoms with E-state index in [2.05, 4.69) is 4.98 Å². The summed E-state index contributed by atoms with van der Waals surface area (Å²) in [6.45, 7) is 1.37. The fourth-order valence-corrected chi connectivity index (χ4v) is 3.78. The molecule has 0 N–H and O–H groups in total. The third-order valence-corrected chi connectivity index (χ3v) is 5.32. The topological polar surface area (TPSA) is 96.7 Å². The Bertz CT molecular complexity index is 1190. The van der Waals surface area contributed by atoms with Crippen LogP contribution >= 0.6 is 11.3 Å². The molecule has 3 rings (SSSR count). The summed E-state index contributed by atoms with van der Waals surface area (Å²) in [5.41, 5.74) is 0.864. The normalized spacial score (nSPS) is 10.8. The number of hydrogen-bond donors (Lipinski definition) is 0. The van der Waals surface area contributed by atoms with Crippen molar-refractivity contribution in [3.05, 3.63) is 87.2 Å². The molecule has 0 fully saturated rings. The lowest BCUT2D eigenvalue weighted by Crippen LogP contribution is -2.24. The fourth-order valence-electron chi connectivity index (χ4n) is 2.94.